The summed E-state index contributed by atoms with van der Waals surface area (Å²) in [4.78, 5) is 12.4. The second-order valence-corrected chi connectivity index (χ2v) is 14.0. The summed E-state index contributed by atoms with van der Waals surface area (Å²) in [7, 11) is 1.65. The lowest BCUT2D eigenvalue weighted by molar-refractivity contribution is -0.0527. The molecule has 0 amide bonds. The van der Waals surface area contributed by atoms with E-state index < -0.39 is 54.5 Å². The monoisotopic (exact) mass is 866 g/mol. The molecule has 0 bridgehead atoms. The molecule has 6 rings (SSSR count). The first kappa shape index (κ1) is 48.3. The van der Waals surface area contributed by atoms with Gasteiger partial charge in [0.25, 0.3) is 0 Å². The Morgan fingerprint density at radius 3 is 1.07 bits per heavy atom. The molecule has 3 fully saturated rings. The number of likely N-dealkylation sites (N-methyl/N-ethyl adjacent to an activating group) is 1. The van der Waals surface area contributed by atoms with Crippen molar-refractivity contribution in [1.29, 1.82) is 0 Å². The Labute approximate surface area is 345 Å². The maximum absolute atomic E-state index is 14.2. The number of ether oxygens (including phenoxy) is 4. The Kier molecular flexibility index (Phi) is 20.0. The topological polar surface area (TPSA) is 56.4 Å². The van der Waals surface area contributed by atoms with E-state index in [0.29, 0.717) is 62.9 Å². The fourth-order valence-electron chi connectivity index (χ4n) is 7.06. The summed E-state index contributed by atoms with van der Waals surface area (Å²) < 4.78 is 133. The molecule has 3 aliphatic rings. The summed E-state index contributed by atoms with van der Waals surface area (Å²) in [6.07, 6.45) is 1.09. The van der Waals surface area contributed by atoms with Gasteiger partial charge in [0.05, 0.1) is 23.7 Å². The SMILES string of the molecule is CCCN1CCN(c2cccc(OC(F)F)c2F)CC1.CCN1CCN(c2cccc(OC(F)F)c2F)CC1.COCCN1CCN(c2cccc(OC(F)F)c2F)CC1. The molecule has 0 atom stereocenters. The molecule has 0 aliphatic carbocycles. The Hall–Kier alpha value is -4.33. The lowest BCUT2D eigenvalue weighted by Gasteiger charge is -2.36. The lowest BCUT2D eigenvalue weighted by atomic mass is 10.2. The van der Waals surface area contributed by atoms with Crippen LogP contribution < -0.4 is 28.9 Å². The van der Waals surface area contributed by atoms with Gasteiger partial charge in [-0.1, -0.05) is 32.0 Å². The van der Waals surface area contributed by atoms with Gasteiger partial charge in [0, 0.05) is 92.2 Å². The van der Waals surface area contributed by atoms with Crippen LogP contribution in [-0.4, -0.2) is 146 Å². The van der Waals surface area contributed by atoms with Crippen LogP contribution in [0.4, 0.5) is 56.6 Å². The summed E-state index contributed by atoms with van der Waals surface area (Å²) in [5, 5.41) is 0. The first-order valence-electron chi connectivity index (χ1n) is 20.0. The molecule has 3 aromatic carbocycles. The second kappa shape index (κ2) is 24.8. The Morgan fingerprint density at radius 1 is 0.467 bits per heavy atom. The number of rotatable bonds is 15. The van der Waals surface area contributed by atoms with Crippen LogP contribution in [-0.2, 0) is 4.74 Å². The van der Waals surface area contributed by atoms with Crippen molar-refractivity contribution in [1.82, 2.24) is 14.7 Å². The average Bonchev–Trinajstić information content (AvgIpc) is 3.23. The van der Waals surface area contributed by atoms with Gasteiger partial charge in [-0.05, 0) is 55.9 Å². The highest BCUT2D eigenvalue weighted by atomic mass is 19.3. The number of halogens is 9. The molecule has 0 aromatic heterocycles. The van der Waals surface area contributed by atoms with Gasteiger partial charge < -0.3 is 38.5 Å². The van der Waals surface area contributed by atoms with Crippen LogP contribution in [0, 0.1) is 17.5 Å². The van der Waals surface area contributed by atoms with E-state index in [1.54, 1.807) is 25.3 Å². The smallest absolute Gasteiger partial charge is 0.387 e. The molecule has 0 N–H and O–H groups in total. The highest BCUT2D eigenvalue weighted by Gasteiger charge is 2.24. The van der Waals surface area contributed by atoms with Gasteiger partial charge in [-0.2, -0.15) is 26.3 Å². The van der Waals surface area contributed by atoms with E-state index in [4.69, 9.17) is 4.74 Å². The van der Waals surface area contributed by atoms with Crippen LogP contribution in [0.15, 0.2) is 54.6 Å². The molecule has 3 aromatic rings. The van der Waals surface area contributed by atoms with Crippen molar-refractivity contribution in [2.24, 2.45) is 0 Å². The number of hydrogen-bond donors (Lipinski definition) is 0. The van der Waals surface area contributed by atoms with E-state index in [1.165, 1.54) is 36.4 Å². The predicted octanol–water partition coefficient (Wildman–Crippen LogP) is 7.72. The van der Waals surface area contributed by atoms with E-state index in [-0.39, 0.29) is 0 Å². The predicted molar refractivity (Wildman–Crippen MR) is 213 cm³/mol. The van der Waals surface area contributed by atoms with E-state index in [1.807, 2.05) is 14.7 Å². The van der Waals surface area contributed by atoms with Crippen molar-refractivity contribution < 1.29 is 58.5 Å². The molecule has 0 spiro atoms. The minimum absolute atomic E-state index is 0.305. The molecule has 0 radical (unpaired) electrons. The quantitative estimate of drug-likeness (QED) is 0.142. The molecule has 10 nitrogen and oxygen atoms in total. The summed E-state index contributed by atoms with van der Waals surface area (Å²) in [5.74, 6) is -3.36. The third kappa shape index (κ3) is 14.7. The van der Waals surface area contributed by atoms with Gasteiger partial charge in [-0.25, -0.2) is 13.2 Å². The van der Waals surface area contributed by atoms with E-state index in [0.717, 1.165) is 65.3 Å². The maximum atomic E-state index is 14.2. The van der Waals surface area contributed by atoms with Crippen molar-refractivity contribution in [3.05, 3.63) is 72.0 Å². The summed E-state index contributed by atoms with van der Waals surface area (Å²) in [6.45, 7) is 7.61. The number of benzene rings is 3. The zero-order valence-corrected chi connectivity index (χ0v) is 34.2. The Bertz CT molecular complexity index is 1690. The van der Waals surface area contributed by atoms with Gasteiger partial charge in [0.2, 0.25) is 0 Å². The van der Waals surface area contributed by atoms with Gasteiger partial charge in [-0.15, -0.1) is 0 Å². The molecule has 3 saturated heterocycles. The maximum Gasteiger partial charge on any atom is 0.387 e. The minimum atomic E-state index is -3.03. The molecule has 336 valence electrons. The van der Waals surface area contributed by atoms with Crippen molar-refractivity contribution in [2.75, 3.05) is 127 Å². The summed E-state index contributed by atoms with van der Waals surface area (Å²) in [5.41, 5.74) is 0.966. The second-order valence-electron chi connectivity index (χ2n) is 14.0. The van der Waals surface area contributed by atoms with Gasteiger partial charge in [0.1, 0.15) is 0 Å². The number of nitrogens with zero attached hydrogens (tertiary/aromatic N) is 6. The highest BCUT2D eigenvalue weighted by Crippen LogP contribution is 2.32. The number of piperazine rings is 3. The zero-order chi connectivity index (χ0) is 43.6. The number of alkyl halides is 6. The molecule has 19 heteroatoms. The zero-order valence-electron chi connectivity index (χ0n) is 34.2. The fraction of sp³-hybridized carbons (Fsp3) is 0.561. The van der Waals surface area contributed by atoms with Crippen molar-refractivity contribution in [2.45, 2.75) is 40.1 Å². The van der Waals surface area contributed by atoms with Crippen LogP contribution in [0.2, 0.25) is 0 Å². The number of hydrogen-bond acceptors (Lipinski definition) is 10. The van der Waals surface area contributed by atoms with Crippen LogP contribution in [0.5, 0.6) is 17.2 Å². The minimum Gasteiger partial charge on any atom is -0.432 e. The lowest BCUT2D eigenvalue weighted by Crippen LogP contribution is -2.47. The van der Waals surface area contributed by atoms with E-state index in [9.17, 15) is 39.5 Å². The largest absolute Gasteiger partial charge is 0.432 e. The Morgan fingerprint density at radius 2 is 0.783 bits per heavy atom. The number of anilines is 3. The molecule has 60 heavy (non-hydrogen) atoms. The van der Waals surface area contributed by atoms with Crippen molar-refractivity contribution >= 4 is 17.1 Å². The van der Waals surface area contributed by atoms with Crippen LogP contribution in [0.25, 0.3) is 0 Å². The first-order chi connectivity index (χ1) is 28.8. The molecule has 0 unspecified atom stereocenters. The first-order valence-corrected chi connectivity index (χ1v) is 20.0. The van der Waals surface area contributed by atoms with Crippen LogP contribution in [0.3, 0.4) is 0 Å². The van der Waals surface area contributed by atoms with Crippen LogP contribution >= 0.6 is 0 Å². The van der Waals surface area contributed by atoms with Gasteiger partial charge in [-0.3, -0.25) is 9.80 Å². The van der Waals surface area contributed by atoms with Crippen molar-refractivity contribution in [3.8, 4) is 17.2 Å². The average molecular weight is 867 g/mol. The fourth-order valence-corrected chi connectivity index (χ4v) is 7.06. The van der Waals surface area contributed by atoms with Crippen molar-refractivity contribution in [3.63, 3.8) is 0 Å². The number of methoxy groups -OCH3 is 1. The van der Waals surface area contributed by atoms with Gasteiger partial charge in [0.15, 0.2) is 34.7 Å². The van der Waals surface area contributed by atoms with E-state index >= 15 is 0 Å². The standard InChI is InChI=1S/C14H19F3N2O2.C14H19F3N2O.C13H17F3N2O/c1-20-10-9-18-5-7-19(8-6-18)11-3-2-4-12(13(11)15)21-14(16)17;1-2-6-18-7-9-19(10-8-18)11-4-3-5-12(13(11)15)20-14(16)17;1-2-17-6-8-18(9-7-17)10-4-3-5-11(12(10)14)19-13(15)16/h2-4,14H,5-10H2,1H3;3-5,14H,2,6-10H2,1H3;3-5,13H,2,6-9H2,1H3. The van der Waals surface area contributed by atoms with E-state index in [2.05, 4.69) is 42.8 Å². The Balaban J connectivity index is 0.000000199. The molecular weight excluding hydrogens is 811 g/mol. The third-order valence-electron chi connectivity index (χ3n) is 10.2. The molecule has 3 heterocycles. The van der Waals surface area contributed by atoms with Gasteiger partial charge >= 0.3 is 19.8 Å². The molecular formula is C41H55F9N6O4. The third-order valence-corrected chi connectivity index (χ3v) is 10.2. The van der Waals surface area contributed by atoms with Crippen LogP contribution in [0.1, 0.15) is 20.3 Å². The molecule has 0 saturated carbocycles. The normalized spacial score (nSPS) is 16.8. The summed E-state index contributed by atoms with van der Waals surface area (Å²) in [6, 6.07) is 13.0. The summed E-state index contributed by atoms with van der Waals surface area (Å²) >= 11 is 0. The molecule has 3 aliphatic heterocycles. The highest BCUT2D eigenvalue weighted by molar-refractivity contribution is 5.55.